The first-order valence-electron chi connectivity index (χ1n) is 11.2. The van der Waals surface area contributed by atoms with Gasteiger partial charge in [-0.15, -0.1) is 11.3 Å². The summed E-state index contributed by atoms with van der Waals surface area (Å²) < 4.78 is 13.0. The van der Waals surface area contributed by atoms with Crippen molar-refractivity contribution in [2.75, 3.05) is 37.0 Å². The summed E-state index contributed by atoms with van der Waals surface area (Å²) in [5, 5.41) is 6.44. The second kappa shape index (κ2) is 9.93. The van der Waals surface area contributed by atoms with Crippen molar-refractivity contribution in [1.29, 1.82) is 0 Å². The number of aromatic nitrogens is 3. The number of thiazole rings is 1. The number of rotatable bonds is 8. The Morgan fingerprint density at radius 1 is 1.27 bits per heavy atom. The van der Waals surface area contributed by atoms with E-state index in [0.717, 1.165) is 34.2 Å². The van der Waals surface area contributed by atoms with Crippen molar-refractivity contribution in [2.24, 2.45) is 7.05 Å². The summed E-state index contributed by atoms with van der Waals surface area (Å²) in [6, 6.07) is 5.76. The molecule has 1 N–H and O–H groups in total. The minimum atomic E-state index is -0.0879. The fourth-order valence-electron chi connectivity index (χ4n) is 4.31. The van der Waals surface area contributed by atoms with Gasteiger partial charge in [-0.3, -0.25) is 9.36 Å². The van der Waals surface area contributed by atoms with E-state index in [0.29, 0.717) is 31.1 Å². The molecular formula is C24H31N5O3S. The molecular weight excluding hydrogens is 438 g/mol. The molecule has 9 heteroatoms. The van der Waals surface area contributed by atoms with E-state index in [-0.39, 0.29) is 17.7 Å². The van der Waals surface area contributed by atoms with Crippen molar-refractivity contribution in [3.63, 3.8) is 0 Å². The summed E-state index contributed by atoms with van der Waals surface area (Å²) in [6.45, 7) is 8.07. The summed E-state index contributed by atoms with van der Waals surface area (Å²) in [7, 11) is 3.42. The van der Waals surface area contributed by atoms with E-state index >= 15 is 0 Å². The minimum absolute atomic E-state index is 0.0396. The molecule has 1 aliphatic heterocycles. The third kappa shape index (κ3) is 4.60. The third-order valence-electron chi connectivity index (χ3n) is 6.04. The van der Waals surface area contributed by atoms with Crippen LogP contribution in [-0.2, 0) is 18.2 Å². The number of ether oxygens (including phenoxy) is 2. The van der Waals surface area contributed by atoms with Crippen molar-refractivity contribution < 1.29 is 9.47 Å². The Hall–Kier alpha value is -2.91. The van der Waals surface area contributed by atoms with Crippen LogP contribution < -0.4 is 20.5 Å². The van der Waals surface area contributed by atoms with Crippen LogP contribution in [0.4, 0.5) is 10.8 Å². The van der Waals surface area contributed by atoms with Gasteiger partial charge in [-0.25, -0.2) is 9.97 Å². The van der Waals surface area contributed by atoms with Crippen LogP contribution >= 0.6 is 11.3 Å². The first kappa shape index (κ1) is 23.3. The van der Waals surface area contributed by atoms with Crippen molar-refractivity contribution in [2.45, 2.75) is 39.3 Å². The van der Waals surface area contributed by atoms with Gasteiger partial charge < -0.3 is 19.7 Å². The standard InChI is InChI=1S/C24H31N5O3S/c1-6-18-21(26-19-13-29(14-20(19)32-7-2)24-25-10-11-33-24)23(30)28(4)22(27-18)17-9-8-16(31-5)12-15(17)3/h8-12,19-20,26H,6-7,13-14H2,1-5H3/t19-,20-/m1/s1. The highest BCUT2D eigenvalue weighted by Gasteiger charge is 2.35. The number of hydrogen-bond donors (Lipinski definition) is 1. The number of hydrogen-bond acceptors (Lipinski definition) is 8. The van der Waals surface area contributed by atoms with E-state index in [4.69, 9.17) is 14.5 Å². The Morgan fingerprint density at radius 2 is 2.09 bits per heavy atom. The van der Waals surface area contributed by atoms with Crippen molar-refractivity contribution in [1.82, 2.24) is 14.5 Å². The maximum Gasteiger partial charge on any atom is 0.277 e. The molecule has 1 aliphatic rings. The van der Waals surface area contributed by atoms with E-state index < -0.39 is 0 Å². The maximum atomic E-state index is 13.5. The lowest BCUT2D eigenvalue weighted by Crippen LogP contribution is -2.38. The predicted molar refractivity (Wildman–Crippen MR) is 133 cm³/mol. The summed E-state index contributed by atoms with van der Waals surface area (Å²) in [4.78, 5) is 25.1. The van der Waals surface area contributed by atoms with Gasteiger partial charge in [-0.05, 0) is 44.0 Å². The Kier molecular flexibility index (Phi) is 6.99. The molecule has 1 aromatic carbocycles. The second-order valence-electron chi connectivity index (χ2n) is 8.12. The van der Waals surface area contributed by atoms with Gasteiger partial charge >= 0.3 is 0 Å². The highest BCUT2D eigenvalue weighted by molar-refractivity contribution is 7.13. The topological polar surface area (TPSA) is 81.5 Å². The lowest BCUT2D eigenvalue weighted by Gasteiger charge is -2.22. The first-order valence-corrected chi connectivity index (χ1v) is 12.1. The van der Waals surface area contributed by atoms with Gasteiger partial charge in [0, 0.05) is 43.9 Å². The van der Waals surface area contributed by atoms with E-state index in [2.05, 4.69) is 15.2 Å². The Labute approximate surface area is 198 Å². The summed E-state index contributed by atoms with van der Waals surface area (Å²) >= 11 is 1.61. The molecule has 0 radical (unpaired) electrons. The van der Waals surface area contributed by atoms with E-state index in [1.54, 1.807) is 30.1 Å². The number of anilines is 2. The van der Waals surface area contributed by atoms with E-state index in [1.807, 2.05) is 50.5 Å². The van der Waals surface area contributed by atoms with Gasteiger partial charge in [0.25, 0.3) is 5.56 Å². The smallest absolute Gasteiger partial charge is 0.277 e. The van der Waals surface area contributed by atoms with E-state index in [1.165, 1.54) is 0 Å². The third-order valence-corrected chi connectivity index (χ3v) is 6.87. The average Bonchev–Trinajstić information content (AvgIpc) is 3.48. The molecule has 33 heavy (non-hydrogen) atoms. The molecule has 1 fully saturated rings. The van der Waals surface area contributed by atoms with Crippen LogP contribution in [-0.4, -0.2) is 53.5 Å². The lowest BCUT2D eigenvalue weighted by molar-refractivity contribution is 0.0720. The zero-order valence-corrected chi connectivity index (χ0v) is 20.6. The zero-order valence-electron chi connectivity index (χ0n) is 19.8. The van der Waals surface area contributed by atoms with Gasteiger partial charge in [0.2, 0.25) is 0 Å². The largest absolute Gasteiger partial charge is 0.497 e. The van der Waals surface area contributed by atoms with Gasteiger partial charge in [-0.1, -0.05) is 6.92 Å². The van der Waals surface area contributed by atoms with Crippen LogP contribution in [0.15, 0.2) is 34.6 Å². The molecule has 2 atom stereocenters. The monoisotopic (exact) mass is 469 g/mol. The van der Waals surface area contributed by atoms with E-state index in [9.17, 15) is 4.79 Å². The summed E-state index contributed by atoms with van der Waals surface area (Å²) in [6.07, 6.45) is 2.41. The molecule has 0 aliphatic carbocycles. The van der Waals surface area contributed by atoms with Crippen LogP contribution in [0.3, 0.4) is 0 Å². The Morgan fingerprint density at radius 3 is 2.73 bits per heavy atom. The predicted octanol–water partition coefficient (Wildman–Crippen LogP) is 3.49. The fraction of sp³-hybridized carbons (Fsp3) is 0.458. The van der Waals surface area contributed by atoms with Crippen LogP contribution in [0, 0.1) is 6.92 Å². The highest BCUT2D eigenvalue weighted by Crippen LogP contribution is 2.28. The molecule has 0 bridgehead atoms. The zero-order chi connectivity index (χ0) is 23.5. The van der Waals surface area contributed by atoms with Crippen molar-refractivity contribution >= 4 is 22.2 Å². The molecule has 3 aromatic rings. The number of methoxy groups -OCH3 is 1. The molecule has 0 spiro atoms. The summed E-state index contributed by atoms with van der Waals surface area (Å²) in [5.41, 5.74) is 3.14. The summed E-state index contributed by atoms with van der Waals surface area (Å²) in [5.74, 6) is 1.43. The quantitative estimate of drug-likeness (QED) is 0.541. The van der Waals surface area contributed by atoms with Crippen molar-refractivity contribution in [3.8, 4) is 17.1 Å². The molecule has 1 saturated heterocycles. The molecule has 0 amide bonds. The maximum absolute atomic E-state index is 13.5. The minimum Gasteiger partial charge on any atom is -0.497 e. The van der Waals surface area contributed by atoms with Gasteiger partial charge in [0.05, 0.1) is 24.9 Å². The molecule has 2 aromatic heterocycles. The lowest BCUT2D eigenvalue weighted by atomic mass is 10.1. The molecule has 8 nitrogen and oxygen atoms in total. The highest BCUT2D eigenvalue weighted by atomic mass is 32.1. The molecule has 3 heterocycles. The molecule has 0 unspecified atom stereocenters. The SMILES string of the molecule is CCO[C@@H]1CN(c2nccs2)C[C@H]1Nc1c(CC)nc(-c2ccc(OC)cc2C)n(C)c1=O. The normalized spacial score (nSPS) is 18.0. The van der Waals surface area contributed by atoms with Crippen LogP contribution in [0.25, 0.3) is 11.4 Å². The van der Waals surface area contributed by atoms with Gasteiger partial charge in [0.1, 0.15) is 17.3 Å². The average molecular weight is 470 g/mol. The Bertz CT molecular complexity index is 1160. The molecule has 0 saturated carbocycles. The number of nitrogens with zero attached hydrogens (tertiary/aromatic N) is 4. The number of benzene rings is 1. The van der Waals surface area contributed by atoms with Gasteiger partial charge in [-0.2, -0.15) is 0 Å². The van der Waals surface area contributed by atoms with Crippen LogP contribution in [0.5, 0.6) is 5.75 Å². The first-order chi connectivity index (χ1) is 16.0. The van der Waals surface area contributed by atoms with Crippen LogP contribution in [0.2, 0.25) is 0 Å². The number of nitrogens with one attached hydrogen (secondary N) is 1. The Balaban J connectivity index is 1.68. The fourth-order valence-corrected chi connectivity index (χ4v) is 4.97. The molecule has 176 valence electrons. The van der Waals surface area contributed by atoms with Gasteiger partial charge in [0.15, 0.2) is 5.13 Å². The molecule has 4 rings (SSSR count). The van der Waals surface area contributed by atoms with Crippen molar-refractivity contribution in [3.05, 3.63) is 51.4 Å². The van der Waals surface area contributed by atoms with Crippen LogP contribution in [0.1, 0.15) is 25.1 Å². The second-order valence-corrected chi connectivity index (χ2v) is 8.99. The number of aryl methyl sites for hydroxylation is 2.